The Hall–Kier alpha value is -2.64. The summed E-state index contributed by atoms with van der Waals surface area (Å²) < 4.78 is 29.6. The van der Waals surface area contributed by atoms with Gasteiger partial charge in [-0.05, 0) is 38.1 Å². The lowest BCUT2D eigenvalue weighted by atomic mass is 10.0. The van der Waals surface area contributed by atoms with Crippen LogP contribution >= 0.6 is 0 Å². The maximum Gasteiger partial charge on any atom is 0.200 e. The number of hydrogen-bond donors (Lipinski definition) is 1. The average Bonchev–Trinajstić information content (AvgIpc) is 3.05. The second-order valence-corrected chi connectivity index (χ2v) is 9.87. The van der Waals surface area contributed by atoms with Crippen molar-refractivity contribution in [1.82, 2.24) is 4.90 Å². The number of nitrogens with zero attached hydrogens (tertiary/aromatic N) is 1. The molecule has 152 valence electrons. The summed E-state index contributed by atoms with van der Waals surface area (Å²) in [6.07, 6.45) is 0.561. The predicted octanol–water partition coefficient (Wildman–Crippen LogP) is 3.09. The molecule has 29 heavy (non-hydrogen) atoms. The minimum Gasteiger partial charge on any atom is -0.507 e. The van der Waals surface area contributed by atoms with E-state index in [9.17, 15) is 18.3 Å². The van der Waals surface area contributed by atoms with Gasteiger partial charge in [0.1, 0.15) is 17.1 Å². The van der Waals surface area contributed by atoms with Gasteiger partial charge < -0.3 is 9.52 Å². The van der Waals surface area contributed by atoms with E-state index in [4.69, 9.17) is 4.42 Å². The molecule has 1 aromatic heterocycles. The maximum atomic E-state index is 13.2. The van der Waals surface area contributed by atoms with E-state index in [1.54, 1.807) is 13.0 Å². The molecule has 0 bridgehead atoms. The molecule has 0 amide bonds. The lowest BCUT2D eigenvalue weighted by Crippen LogP contribution is -2.32. The van der Waals surface area contributed by atoms with Gasteiger partial charge in [-0.15, -0.1) is 0 Å². The zero-order valence-corrected chi connectivity index (χ0v) is 17.2. The molecule has 1 N–H and O–H groups in total. The van der Waals surface area contributed by atoms with Crippen LogP contribution in [0, 0.1) is 6.92 Å². The van der Waals surface area contributed by atoms with Crippen LogP contribution in [0.25, 0.3) is 22.1 Å². The van der Waals surface area contributed by atoms with Crippen molar-refractivity contribution in [3.05, 3.63) is 64.0 Å². The summed E-state index contributed by atoms with van der Waals surface area (Å²) in [5.74, 6) is 0.792. The first-order chi connectivity index (χ1) is 13.8. The Morgan fingerprint density at radius 2 is 1.90 bits per heavy atom. The smallest absolute Gasteiger partial charge is 0.200 e. The first kappa shape index (κ1) is 19.7. The first-order valence-electron chi connectivity index (χ1n) is 9.51. The molecule has 0 radical (unpaired) electrons. The molecule has 1 atom stereocenters. The van der Waals surface area contributed by atoms with Crippen LogP contribution in [0.4, 0.5) is 0 Å². The Labute approximate surface area is 169 Å². The van der Waals surface area contributed by atoms with E-state index in [0.717, 1.165) is 5.56 Å². The van der Waals surface area contributed by atoms with Gasteiger partial charge in [-0.3, -0.25) is 9.69 Å². The number of fused-ring (bicyclic) bond motifs is 1. The molecule has 0 unspecified atom stereocenters. The standard InChI is InChI=1S/C22H23NO5S/c1-14-20(15-6-4-3-5-7-15)21(25)17-8-9-19(24)18(22(17)28-14)12-23(2)16-10-11-29(26,27)13-16/h3-9,16,24H,10-13H2,1-2H3/t16-/m1/s1. The Balaban J connectivity index is 1.79. The van der Waals surface area contributed by atoms with Crippen LogP contribution in [0.2, 0.25) is 0 Å². The van der Waals surface area contributed by atoms with Crippen LogP contribution in [0.5, 0.6) is 5.75 Å². The van der Waals surface area contributed by atoms with Gasteiger partial charge in [0.2, 0.25) is 5.43 Å². The van der Waals surface area contributed by atoms with E-state index >= 15 is 0 Å². The summed E-state index contributed by atoms with van der Waals surface area (Å²) >= 11 is 0. The molecule has 3 aromatic rings. The molecule has 1 saturated heterocycles. The maximum absolute atomic E-state index is 13.2. The highest BCUT2D eigenvalue weighted by Crippen LogP contribution is 2.32. The molecule has 2 heterocycles. The van der Waals surface area contributed by atoms with Gasteiger partial charge in [-0.2, -0.15) is 0 Å². The lowest BCUT2D eigenvalue weighted by Gasteiger charge is -2.24. The van der Waals surface area contributed by atoms with E-state index in [1.165, 1.54) is 6.07 Å². The highest BCUT2D eigenvalue weighted by atomic mass is 32.2. The molecular weight excluding hydrogens is 390 g/mol. The van der Waals surface area contributed by atoms with E-state index in [0.29, 0.717) is 34.3 Å². The van der Waals surface area contributed by atoms with E-state index < -0.39 is 9.84 Å². The summed E-state index contributed by atoms with van der Waals surface area (Å²) in [6, 6.07) is 12.3. The SMILES string of the molecule is Cc1oc2c(CN(C)[C@@H]3CCS(=O)(=O)C3)c(O)ccc2c(=O)c1-c1ccccc1. The summed E-state index contributed by atoms with van der Waals surface area (Å²) in [5, 5.41) is 10.9. The van der Waals surface area contributed by atoms with Gasteiger partial charge in [-0.25, -0.2) is 8.42 Å². The topological polar surface area (TPSA) is 87.8 Å². The first-order valence-corrected chi connectivity index (χ1v) is 11.3. The zero-order chi connectivity index (χ0) is 20.8. The van der Waals surface area contributed by atoms with Crippen molar-refractivity contribution in [2.45, 2.75) is 25.9 Å². The van der Waals surface area contributed by atoms with Crippen molar-refractivity contribution in [2.24, 2.45) is 0 Å². The normalized spacial score (nSPS) is 18.5. The second-order valence-electron chi connectivity index (χ2n) is 7.64. The zero-order valence-electron chi connectivity index (χ0n) is 16.4. The van der Waals surface area contributed by atoms with Gasteiger partial charge in [-0.1, -0.05) is 30.3 Å². The molecule has 1 fully saturated rings. The van der Waals surface area contributed by atoms with Gasteiger partial charge in [0.15, 0.2) is 9.84 Å². The molecule has 4 rings (SSSR count). The van der Waals surface area contributed by atoms with Gasteiger partial charge in [0.05, 0.1) is 28.0 Å². The fourth-order valence-corrected chi connectivity index (χ4v) is 5.81. The van der Waals surface area contributed by atoms with Crippen molar-refractivity contribution in [3.8, 4) is 16.9 Å². The third-order valence-corrected chi connectivity index (χ3v) is 7.37. The highest BCUT2D eigenvalue weighted by molar-refractivity contribution is 7.91. The number of sulfone groups is 1. The lowest BCUT2D eigenvalue weighted by molar-refractivity contribution is 0.250. The third kappa shape index (κ3) is 3.68. The number of hydrogen-bond acceptors (Lipinski definition) is 6. The Morgan fingerprint density at radius 1 is 1.17 bits per heavy atom. The number of rotatable bonds is 4. The molecule has 6 nitrogen and oxygen atoms in total. The number of aromatic hydroxyl groups is 1. The molecule has 0 saturated carbocycles. The second kappa shape index (κ2) is 7.31. The molecule has 1 aliphatic rings. The van der Waals surface area contributed by atoms with Crippen molar-refractivity contribution in [2.75, 3.05) is 18.6 Å². The van der Waals surface area contributed by atoms with Crippen LogP contribution in [0.15, 0.2) is 51.7 Å². The minimum absolute atomic E-state index is 0.0280. The minimum atomic E-state index is -3.01. The van der Waals surface area contributed by atoms with Gasteiger partial charge >= 0.3 is 0 Å². The summed E-state index contributed by atoms with van der Waals surface area (Å²) in [5.41, 5.74) is 1.98. The molecule has 0 spiro atoms. The van der Waals surface area contributed by atoms with Crippen LogP contribution in [-0.2, 0) is 16.4 Å². The highest BCUT2D eigenvalue weighted by Gasteiger charge is 2.31. The van der Waals surface area contributed by atoms with Crippen LogP contribution in [0.1, 0.15) is 17.7 Å². The molecule has 0 aliphatic carbocycles. The molecule has 1 aliphatic heterocycles. The molecule has 7 heteroatoms. The van der Waals surface area contributed by atoms with Gasteiger partial charge in [0, 0.05) is 12.6 Å². The van der Waals surface area contributed by atoms with Crippen molar-refractivity contribution >= 4 is 20.8 Å². The molecular formula is C22H23NO5S. The van der Waals surface area contributed by atoms with Crippen LogP contribution in [-0.4, -0.2) is 43.0 Å². The van der Waals surface area contributed by atoms with Gasteiger partial charge in [0.25, 0.3) is 0 Å². The number of phenols is 1. The summed E-state index contributed by atoms with van der Waals surface area (Å²) in [7, 11) is -1.19. The van der Waals surface area contributed by atoms with E-state index in [2.05, 4.69) is 0 Å². The number of phenolic OH excluding ortho intramolecular Hbond substituents is 1. The van der Waals surface area contributed by atoms with Crippen molar-refractivity contribution < 1.29 is 17.9 Å². The summed E-state index contributed by atoms with van der Waals surface area (Å²) in [6.45, 7) is 2.03. The Kier molecular flexibility index (Phi) is 4.96. The Bertz CT molecular complexity index is 1230. The van der Waals surface area contributed by atoms with Crippen LogP contribution < -0.4 is 5.43 Å². The third-order valence-electron chi connectivity index (χ3n) is 5.62. The quantitative estimate of drug-likeness (QED) is 0.707. The van der Waals surface area contributed by atoms with Crippen LogP contribution in [0.3, 0.4) is 0 Å². The Morgan fingerprint density at radius 3 is 2.55 bits per heavy atom. The van der Waals surface area contributed by atoms with E-state index in [1.807, 2.05) is 42.3 Å². The summed E-state index contributed by atoms with van der Waals surface area (Å²) in [4.78, 5) is 15.1. The fraction of sp³-hybridized carbons (Fsp3) is 0.318. The average molecular weight is 413 g/mol. The van der Waals surface area contributed by atoms with E-state index in [-0.39, 0.29) is 35.3 Å². The van der Waals surface area contributed by atoms with Crippen molar-refractivity contribution in [1.29, 1.82) is 0 Å². The molecule has 2 aromatic carbocycles. The predicted molar refractivity (Wildman–Crippen MR) is 113 cm³/mol. The fourth-order valence-electron chi connectivity index (χ4n) is 4.00. The number of aryl methyl sites for hydroxylation is 1. The largest absolute Gasteiger partial charge is 0.507 e. The van der Waals surface area contributed by atoms with Crippen molar-refractivity contribution in [3.63, 3.8) is 0 Å². The number of benzene rings is 2. The monoisotopic (exact) mass is 413 g/mol.